The SMILES string of the molecule is C[C@H](O)C[C@H]1CC(=O)N[C@H](C(=O)O)CS1. The molecule has 0 saturated carbocycles. The zero-order chi connectivity index (χ0) is 11.4. The summed E-state index contributed by atoms with van der Waals surface area (Å²) in [5.41, 5.74) is 0. The first-order valence-corrected chi connectivity index (χ1v) is 5.85. The lowest BCUT2D eigenvalue weighted by molar-refractivity contribution is -0.141. The second kappa shape index (κ2) is 5.37. The van der Waals surface area contributed by atoms with Crippen molar-refractivity contribution in [3.8, 4) is 0 Å². The van der Waals surface area contributed by atoms with E-state index in [4.69, 9.17) is 5.11 Å². The monoisotopic (exact) mass is 233 g/mol. The number of amides is 1. The number of rotatable bonds is 3. The van der Waals surface area contributed by atoms with Gasteiger partial charge in [-0.2, -0.15) is 11.8 Å². The molecule has 6 heteroatoms. The van der Waals surface area contributed by atoms with Crippen LogP contribution in [-0.4, -0.2) is 45.2 Å². The van der Waals surface area contributed by atoms with Crippen molar-refractivity contribution in [3.05, 3.63) is 0 Å². The molecular weight excluding hydrogens is 218 g/mol. The number of hydrogen-bond acceptors (Lipinski definition) is 4. The van der Waals surface area contributed by atoms with Gasteiger partial charge in [-0.3, -0.25) is 4.79 Å². The number of aliphatic hydroxyl groups is 1. The number of carboxylic acids is 1. The zero-order valence-electron chi connectivity index (χ0n) is 8.47. The van der Waals surface area contributed by atoms with E-state index < -0.39 is 18.1 Å². The lowest BCUT2D eigenvalue weighted by atomic mass is 10.1. The van der Waals surface area contributed by atoms with Crippen molar-refractivity contribution in [2.24, 2.45) is 0 Å². The first-order valence-electron chi connectivity index (χ1n) is 4.81. The summed E-state index contributed by atoms with van der Waals surface area (Å²) in [7, 11) is 0. The Morgan fingerprint density at radius 2 is 2.40 bits per heavy atom. The quantitative estimate of drug-likeness (QED) is 0.630. The Hall–Kier alpha value is -0.750. The summed E-state index contributed by atoms with van der Waals surface area (Å²) in [5, 5.41) is 20.4. The van der Waals surface area contributed by atoms with Gasteiger partial charge in [0.1, 0.15) is 6.04 Å². The third kappa shape index (κ3) is 4.09. The minimum absolute atomic E-state index is 0.00866. The van der Waals surface area contributed by atoms with Gasteiger partial charge in [-0.15, -0.1) is 0 Å². The van der Waals surface area contributed by atoms with Crippen LogP contribution in [0.5, 0.6) is 0 Å². The highest BCUT2D eigenvalue weighted by atomic mass is 32.2. The van der Waals surface area contributed by atoms with Crippen LogP contribution in [0.15, 0.2) is 0 Å². The summed E-state index contributed by atoms with van der Waals surface area (Å²) in [5.74, 6) is -0.898. The van der Waals surface area contributed by atoms with Gasteiger partial charge in [-0.1, -0.05) is 0 Å². The van der Waals surface area contributed by atoms with E-state index in [1.807, 2.05) is 0 Å². The molecule has 0 aromatic heterocycles. The van der Waals surface area contributed by atoms with E-state index >= 15 is 0 Å². The number of hydrogen-bond donors (Lipinski definition) is 3. The van der Waals surface area contributed by atoms with Gasteiger partial charge in [0.15, 0.2) is 0 Å². The maximum atomic E-state index is 11.3. The predicted molar refractivity (Wildman–Crippen MR) is 56.7 cm³/mol. The highest BCUT2D eigenvalue weighted by Crippen LogP contribution is 2.23. The van der Waals surface area contributed by atoms with E-state index in [2.05, 4.69) is 5.32 Å². The molecule has 86 valence electrons. The van der Waals surface area contributed by atoms with Crippen molar-refractivity contribution in [2.45, 2.75) is 37.2 Å². The average molecular weight is 233 g/mol. The fourth-order valence-electron chi connectivity index (χ4n) is 1.46. The van der Waals surface area contributed by atoms with Crippen molar-refractivity contribution < 1.29 is 19.8 Å². The van der Waals surface area contributed by atoms with Crippen LogP contribution in [0.3, 0.4) is 0 Å². The van der Waals surface area contributed by atoms with E-state index in [1.54, 1.807) is 6.92 Å². The molecule has 1 aliphatic heterocycles. The summed E-state index contributed by atoms with van der Waals surface area (Å²) >= 11 is 1.43. The third-order valence-electron chi connectivity index (χ3n) is 2.15. The number of aliphatic hydroxyl groups excluding tert-OH is 1. The molecule has 0 bridgehead atoms. The van der Waals surface area contributed by atoms with Crippen LogP contribution in [0.1, 0.15) is 19.8 Å². The van der Waals surface area contributed by atoms with Gasteiger partial charge in [0, 0.05) is 17.4 Å². The molecule has 0 radical (unpaired) electrons. The Labute approximate surface area is 92.2 Å². The van der Waals surface area contributed by atoms with Crippen molar-refractivity contribution >= 4 is 23.6 Å². The maximum Gasteiger partial charge on any atom is 0.327 e. The molecule has 0 spiro atoms. The highest BCUT2D eigenvalue weighted by molar-refractivity contribution is 8.00. The fourth-order valence-corrected chi connectivity index (χ4v) is 2.83. The molecule has 1 heterocycles. The summed E-state index contributed by atoms with van der Waals surface area (Å²) in [6.07, 6.45) is 0.334. The Kier molecular flexibility index (Phi) is 4.41. The number of carboxylic acid groups (broad SMARTS) is 1. The molecular formula is C9H15NO4S. The number of carbonyl (C=O) groups excluding carboxylic acids is 1. The van der Waals surface area contributed by atoms with E-state index in [0.29, 0.717) is 12.2 Å². The molecule has 3 N–H and O–H groups in total. The normalized spacial score (nSPS) is 29.1. The van der Waals surface area contributed by atoms with Crippen LogP contribution in [0, 0.1) is 0 Å². The van der Waals surface area contributed by atoms with Gasteiger partial charge in [0.05, 0.1) is 6.10 Å². The van der Waals surface area contributed by atoms with E-state index in [0.717, 1.165) is 0 Å². The fraction of sp³-hybridized carbons (Fsp3) is 0.778. The zero-order valence-corrected chi connectivity index (χ0v) is 9.29. The van der Waals surface area contributed by atoms with Gasteiger partial charge in [0.2, 0.25) is 5.91 Å². The number of carbonyl (C=O) groups is 2. The van der Waals surface area contributed by atoms with Gasteiger partial charge in [-0.25, -0.2) is 4.79 Å². The molecule has 1 fully saturated rings. The Bertz CT molecular complexity index is 256. The molecule has 3 atom stereocenters. The number of thioether (sulfide) groups is 1. The van der Waals surface area contributed by atoms with Crippen LogP contribution >= 0.6 is 11.8 Å². The van der Waals surface area contributed by atoms with Crippen LogP contribution in [-0.2, 0) is 9.59 Å². The van der Waals surface area contributed by atoms with Crippen LogP contribution < -0.4 is 5.32 Å². The molecule has 1 amide bonds. The lowest BCUT2D eigenvalue weighted by Gasteiger charge is -2.13. The summed E-state index contributed by atoms with van der Waals surface area (Å²) < 4.78 is 0. The third-order valence-corrected chi connectivity index (χ3v) is 3.51. The molecule has 1 aliphatic rings. The average Bonchev–Trinajstić information content (AvgIpc) is 2.26. The first kappa shape index (κ1) is 12.3. The Balaban J connectivity index is 2.54. The lowest BCUT2D eigenvalue weighted by Crippen LogP contribution is -2.41. The van der Waals surface area contributed by atoms with E-state index in [9.17, 15) is 14.7 Å². The van der Waals surface area contributed by atoms with Gasteiger partial charge in [-0.05, 0) is 13.3 Å². The highest BCUT2D eigenvalue weighted by Gasteiger charge is 2.28. The molecule has 1 saturated heterocycles. The number of nitrogens with one attached hydrogen (secondary N) is 1. The van der Waals surface area contributed by atoms with E-state index in [-0.39, 0.29) is 17.6 Å². The van der Waals surface area contributed by atoms with Gasteiger partial charge < -0.3 is 15.5 Å². The molecule has 0 unspecified atom stereocenters. The van der Waals surface area contributed by atoms with Crippen LogP contribution in [0.2, 0.25) is 0 Å². The minimum atomic E-state index is -1.01. The first-order chi connectivity index (χ1) is 6.99. The summed E-state index contributed by atoms with van der Waals surface area (Å²) in [4.78, 5) is 22.0. The predicted octanol–water partition coefficient (Wildman–Crippen LogP) is -0.168. The van der Waals surface area contributed by atoms with Crippen molar-refractivity contribution in [1.29, 1.82) is 0 Å². The van der Waals surface area contributed by atoms with Crippen LogP contribution in [0.25, 0.3) is 0 Å². The minimum Gasteiger partial charge on any atom is -0.480 e. The van der Waals surface area contributed by atoms with Gasteiger partial charge in [0.25, 0.3) is 0 Å². The Morgan fingerprint density at radius 1 is 1.73 bits per heavy atom. The van der Waals surface area contributed by atoms with Crippen molar-refractivity contribution in [1.82, 2.24) is 5.32 Å². The molecule has 15 heavy (non-hydrogen) atoms. The topological polar surface area (TPSA) is 86.6 Å². The summed E-state index contributed by atoms with van der Waals surface area (Å²) in [6.45, 7) is 1.66. The Morgan fingerprint density at radius 3 is 2.93 bits per heavy atom. The van der Waals surface area contributed by atoms with Gasteiger partial charge >= 0.3 is 5.97 Å². The summed E-state index contributed by atoms with van der Waals surface area (Å²) in [6, 6.07) is -0.804. The molecule has 5 nitrogen and oxygen atoms in total. The molecule has 0 aromatic rings. The molecule has 0 aliphatic carbocycles. The maximum absolute atomic E-state index is 11.3. The van der Waals surface area contributed by atoms with Crippen molar-refractivity contribution in [2.75, 3.05) is 5.75 Å². The largest absolute Gasteiger partial charge is 0.480 e. The number of aliphatic carboxylic acids is 1. The van der Waals surface area contributed by atoms with Crippen LogP contribution in [0.4, 0.5) is 0 Å². The smallest absolute Gasteiger partial charge is 0.327 e. The second-order valence-electron chi connectivity index (χ2n) is 3.70. The van der Waals surface area contributed by atoms with Crippen molar-refractivity contribution in [3.63, 3.8) is 0 Å². The second-order valence-corrected chi connectivity index (χ2v) is 5.04. The standard InChI is InChI=1S/C9H15NO4S/c1-5(11)2-6-3-8(12)10-7(4-15-6)9(13)14/h5-7,11H,2-4H2,1H3,(H,10,12)(H,13,14)/t5-,6-,7-/m0/s1. The van der Waals surface area contributed by atoms with E-state index in [1.165, 1.54) is 11.8 Å². The molecule has 0 aromatic carbocycles. The molecule has 1 rings (SSSR count).